The third-order valence-corrected chi connectivity index (χ3v) is 2.71. The number of rotatable bonds is 6. The summed E-state index contributed by atoms with van der Waals surface area (Å²) in [7, 11) is 0. The molecule has 17 heavy (non-hydrogen) atoms. The van der Waals surface area contributed by atoms with Crippen molar-refractivity contribution >= 4 is 5.91 Å². The van der Waals surface area contributed by atoms with E-state index in [9.17, 15) is 4.79 Å². The summed E-state index contributed by atoms with van der Waals surface area (Å²) in [4.78, 5) is 15.7. The van der Waals surface area contributed by atoms with Gasteiger partial charge in [-0.25, -0.2) is 0 Å². The van der Waals surface area contributed by atoms with Gasteiger partial charge in [-0.05, 0) is 18.1 Å². The Labute approximate surface area is 103 Å². The van der Waals surface area contributed by atoms with Crippen LogP contribution in [0, 0.1) is 5.92 Å². The third-order valence-electron chi connectivity index (χ3n) is 2.71. The molecule has 1 amide bonds. The smallest absolute Gasteiger partial charge is 0.221 e. The second-order valence-electron chi connectivity index (χ2n) is 4.53. The van der Waals surface area contributed by atoms with Crippen molar-refractivity contribution in [3.05, 3.63) is 30.1 Å². The summed E-state index contributed by atoms with van der Waals surface area (Å²) in [6, 6.07) is 5.71. The summed E-state index contributed by atoms with van der Waals surface area (Å²) in [5.74, 6) is 0.346. The first-order valence-electron chi connectivity index (χ1n) is 6.01. The van der Waals surface area contributed by atoms with E-state index in [0.717, 1.165) is 12.1 Å². The van der Waals surface area contributed by atoms with Gasteiger partial charge in [-0.3, -0.25) is 9.78 Å². The molecular formula is C13H21N3O. The third kappa shape index (κ3) is 5.45. The lowest BCUT2D eigenvalue weighted by atomic mass is 10.0. The van der Waals surface area contributed by atoms with Crippen molar-refractivity contribution in [2.75, 3.05) is 6.54 Å². The van der Waals surface area contributed by atoms with Gasteiger partial charge in [-0.1, -0.05) is 19.9 Å². The molecule has 1 aromatic heterocycles. The number of hydrogen-bond acceptors (Lipinski definition) is 3. The number of hydrogen-bond donors (Lipinski definition) is 2. The van der Waals surface area contributed by atoms with E-state index < -0.39 is 0 Å². The molecular weight excluding hydrogens is 214 g/mol. The number of amides is 1. The van der Waals surface area contributed by atoms with Crippen LogP contribution in [0.25, 0.3) is 0 Å². The van der Waals surface area contributed by atoms with E-state index in [4.69, 9.17) is 5.73 Å². The van der Waals surface area contributed by atoms with E-state index in [0.29, 0.717) is 18.9 Å². The average Bonchev–Trinajstić information content (AvgIpc) is 2.30. The van der Waals surface area contributed by atoms with Crippen molar-refractivity contribution in [2.45, 2.75) is 32.7 Å². The van der Waals surface area contributed by atoms with E-state index in [1.54, 1.807) is 6.20 Å². The largest absolute Gasteiger partial charge is 0.356 e. The first-order valence-corrected chi connectivity index (χ1v) is 6.01. The molecule has 1 unspecified atom stereocenters. The predicted molar refractivity (Wildman–Crippen MR) is 68.4 cm³/mol. The summed E-state index contributed by atoms with van der Waals surface area (Å²) < 4.78 is 0. The fourth-order valence-electron chi connectivity index (χ4n) is 1.40. The molecule has 0 aliphatic rings. The van der Waals surface area contributed by atoms with Gasteiger partial charge in [0, 0.05) is 37.3 Å². The van der Waals surface area contributed by atoms with Crippen LogP contribution < -0.4 is 11.1 Å². The van der Waals surface area contributed by atoms with Gasteiger partial charge in [0.05, 0.1) is 0 Å². The minimum atomic E-state index is -0.0650. The highest BCUT2D eigenvalue weighted by Gasteiger charge is 2.12. The van der Waals surface area contributed by atoms with Gasteiger partial charge in [0.15, 0.2) is 0 Å². The van der Waals surface area contributed by atoms with Crippen LogP contribution in [0.4, 0.5) is 0 Å². The molecule has 1 heterocycles. The molecule has 0 aliphatic heterocycles. The Bertz CT molecular complexity index is 338. The summed E-state index contributed by atoms with van der Waals surface area (Å²) in [6.45, 7) is 4.65. The first-order chi connectivity index (χ1) is 8.09. The van der Waals surface area contributed by atoms with Crippen LogP contribution in [0.15, 0.2) is 24.4 Å². The van der Waals surface area contributed by atoms with E-state index >= 15 is 0 Å². The number of nitrogens with one attached hydrogen (secondary N) is 1. The highest BCUT2D eigenvalue weighted by Crippen LogP contribution is 2.02. The maximum Gasteiger partial charge on any atom is 0.221 e. The van der Waals surface area contributed by atoms with Crippen LogP contribution in [0.3, 0.4) is 0 Å². The SMILES string of the molecule is CC(C)C(N)CC(=O)NCCc1ccccn1. The first kappa shape index (κ1) is 13.6. The second kappa shape index (κ2) is 7.01. The monoisotopic (exact) mass is 235 g/mol. The Kier molecular flexibility index (Phi) is 5.63. The van der Waals surface area contributed by atoms with Crippen molar-refractivity contribution in [3.63, 3.8) is 0 Å². The molecule has 0 saturated heterocycles. The molecule has 0 fully saturated rings. The molecule has 0 aromatic carbocycles. The molecule has 0 saturated carbocycles. The van der Waals surface area contributed by atoms with E-state index in [2.05, 4.69) is 10.3 Å². The zero-order valence-corrected chi connectivity index (χ0v) is 10.5. The zero-order valence-electron chi connectivity index (χ0n) is 10.5. The van der Waals surface area contributed by atoms with E-state index in [1.807, 2.05) is 32.0 Å². The van der Waals surface area contributed by atoms with Crippen molar-refractivity contribution in [1.29, 1.82) is 0 Å². The molecule has 3 N–H and O–H groups in total. The lowest BCUT2D eigenvalue weighted by Crippen LogP contribution is -2.35. The summed E-state index contributed by atoms with van der Waals surface area (Å²) >= 11 is 0. The molecule has 0 radical (unpaired) electrons. The number of aromatic nitrogens is 1. The summed E-state index contributed by atoms with van der Waals surface area (Å²) in [5, 5.41) is 2.86. The van der Waals surface area contributed by atoms with Gasteiger partial charge in [-0.2, -0.15) is 0 Å². The van der Waals surface area contributed by atoms with Crippen LogP contribution in [0.5, 0.6) is 0 Å². The molecule has 4 nitrogen and oxygen atoms in total. The van der Waals surface area contributed by atoms with Gasteiger partial charge in [0.1, 0.15) is 0 Å². The Morgan fingerprint density at radius 1 is 1.47 bits per heavy atom. The van der Waals surface area contributed by atoms with Crippen molar-refractivity contribution < 1.29 is 4.79 Å². The molecule has 0 spiro atoms. The van der Waals surface area contributed by atoms with Crippen LogP contribution in [-0.4, -0.2) is 23.5 Å². The molecule has 1 rings (SSSR count). The zero-order chi connectivity index (χ0) is 12.7. The number of nitrogens with zero attached hydrogens (tertiary/aromatic N) is 1. The predicted octanol–water partition coefficient (Wildman–Crippen LogP) is 1.11. The van der Waals surface area contributed by atoms with Crippen LogP contribution in [-0.2, 0) is 11.2 Å². The number of carbonyl (C=O) groups is 1. The number of pyridine rings is 1. The molecule has 4 heteroatoms. The van der Waals surface area contributed by atoms with Crippen LogP contribution in [0.2, 0.25) is 0 Å². The lowest BCUT2D eigenvalue weighted by molar-refractivity contribution is -0.121. The van der Waals surface area contributed by atoms with Gasteiger partial charge < -0.3 is 11.1 Å². The highest BCUT2D eigenvalue weighted by molar-refractivity contribution is 5.76. The normalized spacial score (nSPS) is 12.5. The van der Waals surface area contributed by atoms with Gasteiger partial charge >= 0.3 is 0 Å². The molecule has 0 bridgehead atoms. The van der Waals surface area contributed by atoms with Crippen molar-refractivity contribution in [3.8, 4) is 0 Å². The number of carbonyl (C=O) groups excluding carboxylic acids is 1. The fraction of sp³-hybridized carbons (Fsp3) is 0.538. The minimum absolute atomic E-state index is 0.0159. The Balaban J connectivity index is 2.21. The molecule has 94 valence electrons. The van der Waals surface area contributed by atoms with Crippen LogP contribution in [0.1, 0.15) is 26.0 Å². The van der Waals surface area contributed by atoms with E-state index in [-0.39, 0.29) is 11.9 Å². The maximum atomic E-state index is 11.5. The van der Waals surface area contributed by atoms with Crippen molar-refractivity contribution in [2.24, 2.45) is 11.7 Å². The lowest BCUT2D eigenvalue weighted by Gasteiger charge is -2.14. The molecule has 1 atom stereocenters. The van der Waals surface area contributed by atoms with Crippen molar-refractivity contribution in [1.82, 2.24) is 10.3 Å². The Morgan fingerprint density at radius 2 is 2.24 bits per heavy atom. The topological polar surface area (TPSA) is 68.0 Å². The molecule has 1 aromatic rings. The maximum absolute atomic E-state index is 11.5. The average molecular weight is 235 g/mol. The van der Waals surface area contributed by atoms with Gasteiger partial charge in [-0.15, -0.1) is 0 Å². The summed E-state index contributed by atoms with van der Waals surface area (Å²) in [6.07, 6.45) is 2.90. The highest BCUT2D eigenvalue weighted by atomic mass is 16.1. The fourth-order valence-corrected chi connectivity index (χ4v) is 1.40. The number of nitrogens with two attached hydrogens (primary N) is 1. The Hall–Kier alpha value is -1.42. The van der Waals surface area contributed by atoms with E-state index in [1.165, 1.54) is 0 Å². The standard InChI is InChI=1S/C13H21N3O/c1-10(2)12(14)9-13(17)16-8-6-11-5-3-4-7-15-11/h3-5,7,10,12H,6,8-9,14H2,1-2H3,(H,16,17). The quantitative estimate of drug-likeness (QED) is 0.776. The Morgan fingerprint density at radius 3 is 2.82 bits per heavy atom. The van der Waals surface area contributed by atoms with Crippen LogP contribution >= 0.6 is 0 Å². The minimum Gasteiger partial charge on any atom is -0.356 e. The molecule has 0 aliphatic carbocycles. The summed E-state index contributed by atoms with van der Waals surface area (Å²) in [5.41, 5.74) is 6.81. The second-order valence-corrected chi connectivity index (χ2v) is 4.53. The van der Waals surface area contributed by atoms with Gasteiger partial charge in [0.2, 0.25) is 5.91 Å². The van der Waals surface area contributed by atoms with Gasteiger partial charge in [0.25, 0.3) is 0 Å².